The fourth-order valence-corrected chi connectivity index (χ4v) is 7.76. The van der Waals surface area contributed by atoms with Gasteiger partial charge in [-0.2, -0.15) is 0 Å². The first-order valence-electron chi connectivity index (χ1n) is 10.4. The maximum atomic E-state index is 12.0. The summed E-state index contributed by atoms with van der Waals surface area (Å²) >= 11 is 0. The molecule has 3 nitrogen and oxygen atoms in total. The Balaban J connectivity index is 1.62. The number of hydrogen-bond acceptors (Lipinski definition) is 3. The average Bonchev–Trinajstić information content (AvgIpc) is 2.79. The highest BCUT2D eigenvalue weighted by Crippen LogP contribution is 2.68. The predicted octanol–water partition coefficient (Wildman–Crippen LogP) is 4.92. The van der Waals surface area contributed by atoms with E-state index in [9.17, 15) is 9.59 Å². The molecule has 0 heterocycles. The lowest BCUT2D eigenvalue weighted by Crippen LogP contribution is -2.56. The Morgan fingerprint density at radius 3 is 2.44 bits per heavy atom. The number of rotatable bonds is 1. The van der Waals surface area contributed by atoms with E-state index in [1.54, 1.807) is 6.92 Å². The molecule has 140 valence electrons. The molecule has 4 aliphatic carbocycles. The molecule has 0 aromatic rings. The molecule has 0 spiro atoms. The lowest BCUT2D eigenvalue weighted by atomic mass is 9.44. The summed E-state index contributed by atoms with van der Waals surface area (Å²) in [6.07, 6.45) is 9.83. The molecule has 4 aliphatic rings. The standard InChI is InChI=1S/C22H34O3/c1-14(23)25-22(4)12-9-19-17-6-5-15-13-16(24)7-10-20(15,2)18(17)8-11-21(19,22)3/h15,17-19H,5-13H2,1-4H3/t15-,17?,18?,19?,20-,21-,22-/m0/s1. The summed E-state index contributed by atoms with van der Waals surface area (Å²) < 4.78 is 5.91. The highest BCUT2D eigenvalue weighted by atomic mass is 16.6. The highest BCUT2D eigenvalue weighted by molar-refractivity contribution is 5.79. The largest absolute Gasteiger partial charge is 0.459 e. The van der Waals surface area contributed by atoms with Crippen LogP contribution in [-0.4, -0.2) is 17.4 Å². The fourth-order valence-electron chi connectivity index (χ4n) is 7.76. The van der Waals surface area contributed by atoms with Crippen LogP contribution in [0.15, 0.2) is 0 Å². The van der Waals surface area contributed by atoms with Gasteiger partial charge in [0.15, 0.2) is 0 Å². The molecule has 0 aromatic heterocycles. The number of esters is 1. The zero-order valence-corrected chi connectivity index (χ0v) is 16.4. The number of hydrogen-bond donors (Lipinski definition) is 0. The molecule has 0 aliphatic heterocycles. The number of ether oxygens (including phenoxy) is 1. The first kappa shape index (κ1) is 17.5. The van der Waals surface area contributed by atoms with Gasteiger partial charge in [-0.15, -0.1) is 0 Å². The first-order valence-corrected chi connectivity index (χ1v) is 10.4. The monoisotopic (exact) mass is 346 g/mol. The molecule has 3 heteroatoms. The summed E-state index contributed by atoms with van der Waals surface area (Å²) in [5.74, 6) is 3.16. The summed E-state index contributed by atoms with van der Waals surface area (Å²) in [5.41, 5.74) is 0.181. The zero-order valence-electron chi connectivity index (χ0n) is 16.4. The molecule has 0 aromatic carbocycles. The van der Waals surface area contributed by atoms with Gasteiger partial charge in [-0.25, -0.2) is 0 Å². The topological polar surface area (TPSA) is 43.4 Å². The second-order valence-electron chi connectivity index (χ2n) is 10.2. The minimum atomic E-state index is -0.297. The van der Waals surface area contributed by atoms with Crippen molar-refractivity contribution in [1.29, 1.82) is 0 Å². The van der Waals surface area contributed by atoms with E-state index in [2.05, 4.69) is 20.8 Å². The van der Waals surface area contributed by atoms with Crippen molar-refractivity contribution in [3.8, 4) is 0 Å². The zero-order chi connectivity index (χ0) is 18.0. The molecule has 0 N–H and O–H groups in total. The molecule has 0 saturated heterocycles. The molecule has 25 heavy (non-hydrogen) atoms. The molecule has 0 bridgehead atoms. The van der Waals surface area contributed by atoms with Crippen molar-refractivity contribution in [2.24, 2.45) is 34.5 Å². The molecule has 0 amide bonds. The second-order valence-corrected chi connectivity index (χ2v) is 10.2. The van der Waals surface area contributed by atoms with E-state index in [0.717, 1.165) is 37.5 Å². The Morgan fingerprint density at radius 2 is 1.72 bits per heavy atom. The molecule has 4 rings (SSSR count). The summed E-state index contributed by atoms with van der Waals surface area (Å²) in [7, 11) is 0. The number of carbonyl (C=O) groups excluding carboxylic acids is 2. The van der Waals surface area contributed by atoms with Gasteiger partial charge < -0.3 is 4.74 Å². The van der Waals surface area contributed by atoms with E-state index in [1.165, 1.54) is 32.1 Å². The fraction of sp³-hybridized carbons (Fsp3) is 0.909. The highest BCUT2D eigenvalue weighted by Gasteiger charge is 2.64. The first-order chi connectivity index (χ1) is 11.7. The van der Waals surface area contributed by atoms with Crippen LogP contribution in [0.1, 0.15) is 85.5 Å². The van der Waals surface area contributed by atoms with Crippen molar-refractivity contribution in [2.45, 2.75) is 91.1 Å². The molecular weight excluding hydrogens is 312 g/mol. The number of Topliss-reactive ketones (excluding diaryl/α,β-unsaturated/α-hetero) is 1. The van der Waals surface area contributed by atoms with E-state index in [0.29, 0.717) is 23.0 Å². The van der Waals surface area contributed by atoms with Crippen molar-refractivity contribution in [2.75, 3.05) is 0 Å². The average molecular weight is 347 g/mol. The van der Waals surface area contributed by atoms with Gasteiger partial charge in [-0.1, -0.05) is 13.8 Å². The predicted molar refractivity (Wildman–Crippen MR) is 96.9 cm³/mol. The Kier molecular flexibility index (Phi) is 3.91. The van der Waals surface area contributed by atoms with Crippen LogP contribution < -0.4 is 0 Å². The van der Waals surface area contributed by atoms with Gasteiger partial charge in [0.25, 0.3) is 0 Å². The molecule has 7 atom stereocenters. The lowest BCUT2D eigenvalue weighted by Gasteiger charge is -2.61. The van der Waals surface area contributed by atoms with Gasteiger partial charge in [0, 0.05) is 25.2 Å². The van der Waals surface area contributed by atoms with Gasteiger partial charge in [-0.3, -0.25) is 9.59 Å². The Hall–Kier alpha value is -0.860. The minimum Gasteiger partial charge on any atom is -0.459 e. The van der Waals surface area contributed by atoms with E-state index in [1.807, 2.05) is 0 Å². The van der Waals surface area contributed by atoms with Crippen molar-refractivity contribution >= 4 is 11.8 Å². The van der Waals surface area contributed by atoms with Crippen LogP contribution >= 0.6 is 0 Å². The smallest absolute Gasteiger partial charge is 0.303 e. The van der Waals surface area contributed by atoms with Gasteiger partial charge in [0.1, 0.15) is 11.4 Å². The third-order valence-corrected chi connectivity index (χ3v) is 9.38. The van der Waals surface area contributed by atoms with Gasteiger partial charge in [0.2, 0.25) is 0 Å². The van der Waals surface area contributed by atoms with Crippen molar-refractivity contribution in [3.63, 3.8) is 0 Å². The molecule has 3 unspecified atom stereocenters. The summed E-state index contributed by atoms with van der Waals surface area (Å²) in [6.45, 7) is 8.62. The van der Waals surface area contributed by atoms with Crippen molar-refractivity contribution in [3.05, 3.63) is 0 Å². The Bertz CT molecular complexity index is 598. The summed E-state index contributed by atoms with van der Waals surface area (Å²) in [5, 5.41) is 0. The minimum absolute atomic E-state index is 0.119. The lowest BCUT2D eigenvalue weighted by molar-refractivity contribution is -0.183. The van der Waals surface area contributed by atoms with E-state index in [4.69, 9.17) is 4.74 Å². The van der Waals surface area contributed by atoms with E-state index >= 15 is 0 Å². The van der Waals surface area contributed by atoms with Gasteiger partial charge >= 0.3 is 5.97 Å². The normalized spacial score (nSPS) is 52.1. The van der Waals surface area contributed by atoms with Crippen LogP contribution in [0.25, 0.3) is 0 Å². The van der Waals surface area contributed by atoms with Crippen molar-refractivity contribution < 1.29 is 14.3 Å². The van der Waals surface area contributed by atoms with E-state index in [-0.39, 0.29) is 17.0 Å². The van der Waals surface area contributed by atoms with Gasteiger partial charge in [0.05, 0.1) is 0 Å². The van der Waals surface area contributed by atoms with Crippen LogP contribution in [0.4, 0.5) is 0 Å². The van der Waals surface area contributed by atoms with E-state index < -0.39 is 0 Å². The van der Waals surface area contributed by atoms with Crippen molar-refractivity contribution in [1.82, 2.24) is 0 Å². The quantitative estimate of drug-likeness (QED) is 0.633. The van der Waals surface area contributed by atoms with Crippen LogP contribution in [0.2, 0.25) is 0 Å². The maximum absolute atomic E-state index is 12.0. The third-order valence-electron chi connectivity index (χ3n) is 9.38. The molecule has 4 fully saturated rings. The molecule has 4 saturated carbocycles. The maximum Gasteiger partial charge on any atom is 0.303 e. The second kappa shape index (κ2) is 5.57. The van der Waals surface area contributed by atoms with Crippen LogP contribution in [0.5, 0.6) is 0 Å². The third kappa shape index (κ3) is 2.36. The van der Waals surface area contributed by atoms with Crippen LogP contribution in [-0.2, 0) is 14.3 Å². The van der Waals surface area contributed by atoms with Crippen LogP contribution in [0.3, 0.4) is 0 Å². The molecular formula is C22H34O3. The number of fused-ring (bicyclic) bond motifs is 5. The summed E-state index contributed by atoms with van der Waals surface area (Å²) in [6, 6.07) is 0. The summed E-state index contributed by atoms with van der Waals surface area (Å²) in [4.78, 5) is 23.7. The SMILES string of the molecule is CC(=O)O[C@@]1(C)CCC2C3CC[C@H]4CC(=O)CC[C@]4(C)C3CC[C@@]21C. The molecule has 0 radical (unpaired) electrons. The number of carbonyl (C=O) groups is 2. The Labute approximate surface area is 152 Å². The van der Waals surface area contributed by atoms with Crippen LogP contribution in [0, 0.1) is 34.5 Å². The number of ketones is 1. The Morgan fingerprint density at radius 1 is 1.00 bits per heavy atom. The van der Waals surface area contributed by atoms with Gasteiger partial charge in [-0.05, 0) is 81.0 Å².